The lowest BCUT2D eigenvalue weighted by Crippen LogP contribution is -2.48. The van der Waals surface area contributed by atoms with E-state index in [4.69, 9.17) is 4.74 Å². The molecule has 1 saturated heterocycles. The van der Waals surface area contributed by atoms with Gasteiger partial charge in [-0.1, -0.05) is 24.3 Å². The van der Waals surface area contributed by atoms with E-state index >= 15 is 0 Å². The van der Waals surface area contributed by atoms with Crippen molar-refractivity contribution in [2.75, 3.05) is 39.9 Å². The van der Waals surface area contributed by atoms with Gasteiger partial charge in [-0.05, 0) is 68.3 Å². The first-order chi connectivity index (χ1) is 15.0. The molecule has 2 aliphatic rings. The molecular formula is C25H33N3O3. The topological polar surface area (TPSA) is 65.6 Å². The monoisotopic (exact) mass is 423 g/mol. The van der Waals surface area contributed by atoms with E-state index in [0.29, 0.717) is 31.7 Å². The molecule has 1 unspecified atom stereocenters. The Hall–Kier alpha value is -2.44. The van der Waals surface area contributed by atoms with Gasteiger partial charge in [0, 0.05) is 38.5 Å². The molecule has 0 saturated carbocycles. The number of benzene rings is 1. The van der Waals surface area contributed by atoms with Crippen LogP contribution in [0.1, 0.15) is 40.0 Å². The fraction of sp³-hybridized carbons (Fsp3) is 0.520. The SMILES string of the molecule is COCCN(CC1CCCN(C2Cc3ccccc3C2)C1)C(=O)c1ccc(C)[nH]c1=O. The van der Waals surface area contributed by atoms with Crippen molar-refractivity contribution >= 4 is 5.91 Å². The minimum Gasteiger partial charge on any atom is -0.383 e. The quantitative estimate of drug-likeness (QED) is 0.744. The summed E-state index contributed by atoms with van der Waals surface area (Å²) in [5.41, 5.74) is 3.60. The Bertz CT molecular complexity index is 945. The summed E-state index contributed by atoms with van der Waals surface area (Å²) in [7, 11) is 1.64. The van der Waals surface area contributed by atoms with E-state index in [-0.39, 0.29) is 17.0 Å². The summed E-state index contributed by atoms with van der Waals surface area (Å²) in [6.07, 6.45) is 4.49. The lowest BCUT2D eigenvalue weighted by molar-refractivity contribution is 0.0572. The van der Waals surface area contributed by atoms with Gasteiger partial charge in [-0.25, -0.2) is 0 Å². The number of carbonyl (C=O) groups is 1. The van der Waals surface area contributed by atoms with Gasteiger partial charge in [-0.2, -0.15) is 0 Å². The molecule has 2 heterocycles. The summed E-state index contributed by atoms with van der Waals surface area (Å²) < 4.78 is 5.24. The van der Waals surface area contributed by atoms with E-state index < -0.39 is 0 Å². The van der Waals surface area contributed by atoms with Crippen LogP contribution in [0, 0.1) is 12.8 Å². The molecule has 2 aromatic rings. The number of fused-ring (bicyclic) bond motifs is 1. The van der Waals surface area contributed by atoms with Gasteiger partial charge in [-0.3, -0.25) is 14.5 Å². The van der Waals surface area contributed by atoms with Crippen LogP contribution in [0.5, 0.6) is 0 Å². The Morgan fingerprint density at radius 1 is 1.19 bits per heavy atom. The molecule has 0 radical (unpaired) electrons. The summed E-state index contributed by atoms with van der Waals surface area (Å²) in [6, 6.07) is 12.7. The molecule has 1 aromatic heterocycles. The van der Waals surface area contributed by atoms with E-state index in [1.807, 2.05) is 6.92 Å². The average molecular weight is 424 g/mol. The maximum absolute atomic E-state index is 13.2. The summed E-state index contributed by atoms with van der Waals surface area (Å²) in [5.74, 6) is 0.200. The third-order valence-electron chi connectivity index (χ3n) is 6.71. The van der Waals surface area contributed by atoms with Crippen molar-refractivity contribution in [2.24, 2.45) is 5.92 Å². The molecule has 0 bridgehead atoms. The number of aryl methyl sites for hydroxylation is 1. The number of aromatic amines is 1. The van der Waals surface area contributed by atoms with Crippen molar-refractivity contribution in [1.82, 2.24) is 14.8 Å². The van der Waals surface area contributed by atoms with Crippen molar-refractivity contribution in [3.63, 3.8) is 0 Å². The second kappa shape index (κ2) is 9.79. The Labute approximate surface area is 184 Å². The number of aromatic nitrogens is 1. The molecule has 1 aromatic carbocycles. The van der Waals surface area contributed by atoms with Crippen molar-refractivity contribution in [2.45, 2.75) is 38.6 Å². The van der Waals surface area contributed by atoms with Gasteiger partial charge in [0.05, 0.1) is 6.61 Å². The van der Waals surface area contributed by atoms with Crippen molar-refractivity contribution in [3.8, 4) is 0 Å². The second-order valence-corrected chi connectivity index (χ2v) is 8.96. The zero-order valence-electron chi connectivity index (χ0n) is 18.6. The van der Waals surface area contributed by atoms with E-state index in [9.17, 15) is 9.59 Å². The molecule has 1 aliphatic heterocycles. The van der Waals surface area contributed by atoms with Crippen LogP contribution in [0.4, 0.5) is 0 Å². The molecule has 6 nitrogen and oxygen atoms in total. The van der Waals surface area contributed by atoms with Crippen LogP contribution in [0.3, 0.4) is 0 Å². The number of nitrogens with one attached hydrogen (secondary N) is 1. The molecule has 1 amide bonds. The third-order valence-corrected chi connectivity index (χ3v) is 6.71. The van der Waals surface area contributed by atoms with Gasteiger partial charge in [-0.15, -0.1) is 0 Å². The average Bonchev–Trinajstić information content (AvgIpc) is 3.21. The number of hydrogen-bond donors (Lipinski definition) is 1. The highest BCUT2D eigenvalue weighted by atomic mass is 16.5. The van der Waals surface area contributed by atoms with E-state index in [0.717, 1.165) is 44.5 Å². The van der Waals surface area contributed by atoms with Crippen molar-refractivity contribution < 1.29 is 9.53 Å². The summed E-state index contributed by atoms with van der Waals surface area (Å²) in [5, 5.41) is 0. The van der Waals surface area contributed by atoms with Crippen LogP contribution in [0.2, 0.25) is 0 Å². The second-order valence-electron chi connectivity index (χ2n) is 8.96. The van der Waals surface area contributed by atoms with E-state index in [1.54, 1.807) is 24.1 Å². The highest BCUT2D eigenvalue weighted by Gasteiger charge is 2.32. The summed E-state index contributed by atoms with van der Waals surface area (Å²) in [4.78, 5) is 32.7. The molecule has 4 rings (SSSR count). The fourth-order valence-corrected chi connectivity index (χ4v) is 5.07. The molecule has 1 aliphatic carbocycles. The minimum absolute atomic E-state index is 0.205. The number of piperidine rings is 1. The molecular weight excluding hydrogens is 390 g/mol. The van der Waals surface area contributed by atoms with E-state index in [2.05, 4.69) is 34.1 Å². The number of nitrogens with zero attached hydrogens (tertiary/aromatic N) is 2. The maximum Gasteiger partial charge on any atom is 0.260 e. The number of ether oxygens (including phenoxy) is 1. The Kier molecular flexibility index (Phi) is 6.88. The molecule has 1 N–H and O–H groups in total. The number of amides is 1. The van der Waals surface area contributed by atoms with Crippen LogP contribution in [0.15, 0.2) is 41.2 Å². The molecule has 1 fully saturated rings. The molecule has 166 valence electrons. The number of methoxy groups -OCH3 is 1. The predicted octanol–water partition coefficient (Wildman–Crippen LogP) is 2.65. The Morgan fingerprint density at radius 3 is 2.61 bits per heavy atom. The lowest BCUT2D eigenvalue weighted by atomic mass is 9.95. The fourth-order valence-electron chi connectivity index (χ4n) is 5.07. The van der Waals surface area contributed by atoms with Crippen LogP contribution in [-0.4, -0.2) is 66.6 Å². The van der Waals surface area contributed by atoms with Gasteiger partial charge in [0.25, 0.3) is 11.5 Å². The zero-order chi connectivity index (χ0) is 21.8. The third kappa shape index (κ3) is 5.08. The van der Waals surface area contributed by atoms with Crippen LogP contribution >= 0.6 is 0 Å². The standard InChI is InChI=1S/C25H33N3O3/c1-18-9-10-23(24(29)26-18)25(30)28(12-13-31-2)17-19-6-5-11-27(16-19)22-14-20-7-3-4-8-21(20)15-22/h3-4,7-10,19,22H,5-6,11-17H2,1-2H3,(H,26,29). The number of H-pyrrole nitrogens is 1. The summed E-state index contributed by atoms with van der Waals surface area (Å²) >= 11 is 0. The van der Waals surface area contributed by atoms with Gasteiger partial charge in [0.2, 0.25) is 0 Å². The minimum atomic E-state index is -0.318. The first-order valence-electron chi connectivity index (χ1n) is 11.3. The first-order valence-corrected chi connectivity index (χ1v) is 11.3. The van der Waals surface area contributed by atoms with Gasteiger partial charge < -0.3 is 14.6 Å². The molecule has 1 atom stereocenters. The van der Waals surface area contributed by atoms with Crippen molar-refractivity contribution in [3.05, 3.63) is 69.1 Å². The highest BCUT2D eigenvalue weighted by molar-refractivity contribution is 5.93. The predicted molar refractivity (Wildman–Crippen MR) is 122 cm³/mol. The Balaban J connectivity index is 1.43. The largest absolute Gasteiger partial charge is 0.383 e. The van der Waals surface area contributed by atoms with Crippen LogP contribution in [0.25, 0.3) is 0 Å². The lowest BCUT2D eigenvalue weighted by Gasteiger charge is -2.38. The molecule has 0 spiro atoms. The zero-order valence-corrected chi connectivity index (χ0v) is 18.6. The number of carbonyl (C=O) groups excluding carboxylic acids is 1. The van der Waals surface area contributed by atoms with E-state index in [1.165, 1.54) is 11.1 Å². The van der Waals surface area contributed by atoms with Gasteiger partial charge >= 0.3 is 0 Å². The van der Waals surface area contributed by atoms with Crippen molar-refractivity contribution in [1.29, 1.82) is 0 Å². The summed E-state index contributed by atoms with van der Waals surface area (Å²) in [6.45, 7) is 5.55. The maximum atomic E-state index is 13.2. The number of likely N-dealkylation sites (tertiary alicyclic amines) is 1. The molecule has 31 heavy (non-hydrogen) atoms. The highest BCUT2D eigenvalue weighted by Crippen LogP contribution is 2.29. The first kappa shape index (κ1) is 21.8. The van der Waals surface area contributed by atoms with Crippen LogP contribution < -0.4 is 5.56 Å². The number of hydrogen-bond acceptors (Lipinski definition) is 4. The number of rotatable bonds is 7. The number of pyridine rings is 1. The Morgan fingerprint density at radius 2 is 1.94 bits per heavy atom. The van der Waals surface area contributed by atoms with Gasteiger partial charge in [0.1, 0.15) is 5.56 Å². The molecule has 6 heteroatoms. The van der Waals surface area contributed by atoms with Gasteiger partial charge in [0.15, 0.2) is 0 Å². The van der Waals surface area contributed by atoms with Crippen LogP contribution in [-0.2, 0) is 17.6 Å². The normalized spacial score (nSPS) is 19.4. The smallest absolute Gasteiger partial charge is 0.260 e.